The predicted octanol–water partition coefficient (Wildman–Crippen LogP) is 4.91. The summed E-state index contributed by atoms with van der Waals surface area (Å²) in [6.07, 6.45) is 0.685. The summed E-state index contributed by atoms with van der Waals surface area (Å²) in [5.74, 6) is -0.184. The first-order valence-corrected chi connectivity index (χ1v) is 8.24. The fourth-order valence-electron chi connectivity index (χ4n) is 2.59. The Labute approximate surface area is 151 Å². The fraction of sp³-hybridized carbons (Fsp3) is 0.0476. The van der Waals surface area contributed by atoms with Gasteiger partial charge in [-0.2, -0.15) is 0 Å². The SMILES string of the molecule is O=C(Cl)c1ccc(NC(=O)c2ccccc2Cc2ccccc2)cc1. The van der Waals surface area contributed by atoms with E-state index in [2.05, 4.69) is 5.32 Å². The minimum Gasteiger partial charge on any atom is -0.322 e. The maximum Gasteiger partial charge on any atom is 0.255 e. The summed E-state index contributed by atoms with van der Waals surface area (Å²) in [6.45, 7) is 0. The van der Waals surface area contributed by atoms with Crippen molar-refractivity contribution in [1.29, 1.82) is 0 Å². The van der Waals surface area contributed by atoms with Crippen LogP contribution in [-0.2, 0) is 6.42 Å². The van der Waals surface area contributed by atoms with E-state index in [1.165, 1.54) is 0 Å². The molecule has 0 aromatic heterocycles. The zero-order chi connectivity index (χ0) is 17.6. The Balaban J connectivity index is 1.79. The molecule has 4 heteroatoms. The molecule has 1 amide bonds. The van der Waals surface area contributed by atoms with Crippen LogP contribution in [0.3, 0.4) is 0 Å². The molecule has 0 saturated carbocycles. The van der Waals surface area contributed by atoms with Gasteiger partial charge in [0.2, 0.25) is 0 Å². The van der Waals surface area contributed by atoms with Crippen molar-refractivity contribution in [3.63, 3.8) is 0 Å². The van der Waals surface area contributed by atoms with Crippen LogP contribution in [0.15, 0.2) is 78.9 Å². The number of carbonyl (C=O) groups excluding carboxylic acids is 2. The van der Waals surface area contributed by atoms with Crippen LogP contribution in [0, 0.1) is 0 Å². The van der Waals surface area contributed by atoms with Gasteiger partial charge in [0, 0.05) is 16.8 Å². The van der Waals surface area contributed by atoms with Gasteiger partial charge in [0.25, 0.3) is 11.1 Å². The molecule has 0 spiro atoms. The normalized spacial score (nSPS) is 10.3. The van der Waals surface area contributed by atoms with Gasteiger partial charge in [0.15, 0.2) is 0 Å². The minimum absolute atomic E-state index is 0.184. The molecule has 1 N–H and O–H groups in total. The van der Waals surface area contributed by atoms with E-state index in [1.807, 2.05) is 54.6 Å². The van der Waals surface area contributed by atoms with Gasteiger partial charge < -0.3 is 5.32 Å². The van der Waals surface area contributed by atoms with Gasteiger partial charge in [0.1, 0.15) is 0 Å². The number of nitrogens with one attached hydrogen (secondary N) is 1. The second-order valence-electron chi connectivity index (χ2n) is 5.62. The number of hydrogen-bond donors (Lipinski definition) is 1. The van der Waals surface area contributed by atoms with Crippen molar-refractivity contribution in [2.24, 2.45) is 0 Å². The van der Waals surface area contributed by atoms with Crippen molar-refractivity contribution in [3.05, 3.63) is 101 Å². The molecule has 3 aromatic carbocycles. The molecular weight excluding hydrogens is 334 g/mol. The Morgan fingerprint density at radius 1 is 0.800 bits per heavy atom. The minimum atomic E-state index is -0.522. The molecule has 0 radical (unpaired) electrons. The molecule has 0 bridgehead atoms. The van der Waals surface area contributed by atoms with Crippen molar-refractivity contribution >= 4 is 28.4 Å². The molecule has 3 rings (SSSR count). The summed E-state index contributed by atoms with van der Waals surface area (Å²) in [5.41, 5.74) is 3.74. The van der Waals surface area contributed by atoms with E-state index < -0.39 is 5.24 Å². The Bertz CT molecular complexity index is 889. The molecule has 0 heterocycles. The van der Waals surface area contributed by atoms with E-state index in [9.17, 15) is 9.59 Å². The molecule has 0 aliphatic heterocycles. The van der Waals surface area contributed by atoms with Gasteiger partial charge in [0.05, 0.1) is 0 Å². The number of rotatable bonds is 5. The largest absolute Gasteiger partial charge is 0.322 e. The van der Waals surface area contributed by atoms with Gasteiger partial charge in [-0.1, -0.05) is 48.5 Å². The van der Waals surface area contributed by atoms with Gasteiger partial charge in [-0.05, 0) is 59.5 Å². The third kappa shape index (κ3) is 4.34. The molecule has 0 aliphatic carbocycles. The van der Waals surface area contributed by atoms with E-state index in [1.54, 1.807) is 24.3 Å². The monoisotopic (exact) mass is 349 g/mol. The Morgan fingerprint density at radius 2 is 1.44 bits per heavy atom. The summed E-state index contributed by atoms with van der Waals surface area (Å²) in [7, 11) is 0. The molecule has 25 heavy (non-hydrogen) atoms. The number of halogens is 1. The topological polar surface area (TPSA) is 46.2 Å². The first kappa shape index (κ1) is 16.9. The van der Waals surface area contributed by atoms with Crippen molar-refractivity contribution < 1.29 is 9.59 Å². The van der Waals surface area contributed by atoms with E-state index >= 15 is 0 Å². The summed E-state index contributed by atoms with van der Waals surface area (Å²) < 4.78 is 0. The maximum absolute atomic E-state index is 12.6. The predicted molar refractivity (Wildman–Crippen MR) is 100 cm³/mol. The zero-order valence-electron chi connectivity index (χ0n) is 13.4. The van der Waals surface area contributed by atoms with Crippen molar-refractivity contribution in [2.75, 3.05) is 5.32 Å². The van der Waals surface area contributed by atoms with Gasteiger partial charge in [-0.15, -0.1) is 0 Å². The second-order valence-corrected chi connectivity index (χ2v) is 5.97. The van der Waals surface area contributed by atoms with Gasteiger partial charge in [-0.3, -0.25) is 9.59 Å². The lowest BCUT2D eigenvalue weighted by Crippen LogP contribution is -2.14. The van der Waals surface area contributed by atoms with Crippen LogP contribution in [0.2, 0.25) is 0 Å². The molecule has 3 aromatic rings. The fourth-order valence-corrected chi connectivity index (χ4v) is 2.72. The van der Waals surface area contributed by atoms with Crippen LogP contribution < -0.4 is 5.32 Å². The smallest absolute Gasteiger partial charge is 0.255 e. The number of hydrogen-bond acceptors (Lipinski definition) is 2. The Kier molecular flexibility index (Phi) is 5.26. The van der Waals surface area contributed by atoms with Crippen LogP contribution in [0.1, 0.15) is 31.8 Å². The lowest BCUT2D eigenvalue weighted by molar-refractivity contribution is 0.102. The number of carbonyl (C=O) groups is 2. The quantitative estimate of drug-likeness (QED) is 0.665. The highest BCUT2D eigenvalue weighted by Gasteiger charge is 2.12. The highest BCUT2D eigenvalue weighted by atomic mass is 35.5. The molecule has 124 valence electrons. The highest BCUT2D eigenvalue weighted by Crippen LogP contribution is 2.17. The third-order valence-electron chi connectivity index (χ3n) is 3.87. The van der Waals surface area contributed by atoms with Gasteiger partial charge in [-0.25, -0.2) is 0 Å². The number of amides is 1. The highest BCUT2D eigenvalue weighted by molar-refractivity contribution is 6.67. The lowest BCUT2D eigenvalue weighted by atomic mass is 9.99. The number of benzene rings is 3. The van der Waals surface area contributed by atoms with Crippen LogP contribution in [-0.4, -0.2) is 11.1 Å². The Morgan fingerprint density at radius 3 is 2.12 bits per heavy atom. The summed E-state index contributed by atoms with van der Waals surface area (Å²) in [4.78, 5) is 23.7. The van der Waals surface area contributed by atoms with Crippen LogP contribution >= 0.6 is 11.6 Å². The van der Waals surface area contributed by atoms with E-state index in [4.69, 9.17) is 11.6 Å². The number of anilines is 1. The van der Waals surface area contributed by atoms with E-state index in [0.717, 1.165) is 11.1 Å². The summed E-state index contributed by atoms with van der Waals surface area (Å²) in [5, 5.41) is 2.34. The van der Waals surface area contributed by atoms with Crippen LogP contribution in [0.5, 0.6) is 0 Å². The van der Waals surface area contributed by atoms with Crippen LogP contribution in [0.25, 0.3) is 0 Å². The van der Waals surface area contributed by atoms with Crippen molar-refractivity contribution in [3.8, 4) is 0 Å². The molecule has 3 nitrogen and oxygen atoms in total. The van der Waals surface area contributed by atoms with Crippen molar-refractivity contribution in [2.45, 2.75) is 6.42 Å². The summed E-state index contributed by atoms with van der Waals surface area (Å²) in [6, 6.07) is 24.0. The molecule has 0 saturated heterocycles. The average molecular weight is 350 g/mol. The lowest BCUT2D eigenvalue weighted by Gasteiger charge is -2.10. The van der Waals surface area contributed by atoms with Gasteiger partial charge >= 0.3 is 0 Å². The van der Waals surface area contributed by atoms with E-state index in [-0.39, 0.29) is 5.91 Å². The molecular formula is C21H16ClNO2. The second kappa shape index (κ2) is 7.77. The van der Waals surface area contributed by atoms with Crippen LogP contribution in [0.4, 0.5) is 5.69 Å². The molecule has 0 aliphatic rings. The van der Waals surface area contributed by atoms with Crippen molar-refractivity contribution in [1.82, 2.24) is 0 Å². The maximum atomic E-state index is 12.6. The molecule has 0 atom stereocenters. The molecule has 0 unspecified atom stereocenters. The third-order valence-corrected chi connectivity index (χ3v) is 4.09. The zero-order valence-corrected chi connectivity index (χ0v) is 14.2. The standard InChI is InChI=1S/C21H16ClNO2/c22-20(24)16-10-12-18(13-11-16)23-21(25)19-9-5-4-8-17(19)14-15-6-2-1-3-7-15/h1-13H,14H2,(H,23,25). The van der Waals surface area contributed by atoms with E-state index in [0.29, 0.717) is 23.2 Å². The Hall–Kier alpha value is -2.91. The summed E-state index contributed by atoms with van der Waals surface area (Å²) >= 11 is 5.43. The first-order valence-electron chi connectivity index (χ1n) is 7.86. The average Bonchev–Trinajstić information content (AvgIpc) is 2.63. The molecule has 0 fully saturated rings. The first-order chi connectivity index (χ1) is 12.1.